The number of hydrogen-bond donors (Lipinski definition) is 1. The third-order valence-corrected chi connectivity index (χ3v) is 5.13. The van der Waals surface area contributed by atoms with Crippen molar-refractivity contribution in [3.63, 3.8) is 0 Å². The minimum Gasteiger partial charge on any atom is -0.494 e. The van der Waals surface area contributed by atoms with E-state index < -0.39 is 0 Å². The summed E-state index contributed by atoms with van der Waals surface area (Å²) in [6, 6.07) is 10.8. The second-order valence-corrected chi connectivity index (χ2v) is 6.74. The smallest absolute Gasteiger partial charge is 0.119 e. The van der Waals surface area contributed by atoms with E-state index in [1.165, 1.54) is 14.9 Å². The zero-order valence-corrected chi connectivity index (χ0v) is 15.0. The third kappa shape index (κ3) is 4.56. The minimum atomic E-state index is 0.236. The molecule has 0 amide bonds. The van der Waals surface area contributed by atoms with Gasteiger partial charge in [-0.2, -0.15) is 0 Å². The highest BCUT2D eigenvalue weighted by Gasteiger charge is 2.17. The Morgan fingerprint density at radius 3 is 2.48 bits per heavy atom. The van der Waals surface area contributed by atoms with Gasteiger partial charge in [0.25, 0.3) is 0 Å². The van der Waals surface area contributed by atoms with E-state index in [1.54, 1.807) is 11.3 Å². The normalized spacial score (nSPS) is 12.3. The van der Waals surface area contributed by atoms with Crippen LogP contribution in [-0.4, -0.2) is 13.2 Å². The number of thiophene rings is 1. The van der Waals surface area contributed by atoms with Crippen molar-refractivity contribution in [1.29, 1.82) is 0 Å². The maximum Gasteiger partial charge on any atom is 0.119 e. The maximum atomic E-state index is 5.66. The van der Waals surface area contributed by atoms with Crippen LogP contribution in [0.5, 0.6) is 5.75 Å². The Bertz CT molecular complexity index is 538. The largest absolute Gasteiger partial charge is 0.494 e. The first kappa shape index (κ1) is 16.5. The highest BCUT2D eigenvalue weighted by Crippen LogP contribution is 2.33. The molecule has 1 N–H and O–H groups in total. The van der Waals surface area contributed by atoms with E-state index in [2.05, 4.69) is 70.8 Å². The fourth-order valence-corrected chi connectivity index (χ4v) is 3.84. The Morgan fingerprint density at radius 1 is 1.14 bits per heavy atom. The first-order valence-corrected chi connectivity index (χ1v) is 9.12. The predicted molar refractivity (Wildman–Crippen MR) is 94.4 cm³/mol. The molecule has 2 rings (SSSR count). The summed E-state index contributed by atoms with van der Waals surface area (Å²) in [5.41, 5.74) is 1.27. The van der Waals surface area contributed by atoms with Crippen LogP contribution in [0.4, 0.5) is 0 Å². The van der Waals surface area contributed by atoms with Gasteiger partial charge < -0.3 is 10.1 Å². The SMILES string of the molecule is CCCNC(c1ccc(OCCC)cc1)c1sccc1Br. The molecular formula is C17H22BrNOS. The third-order valence-electron chi connectivity index (χ3n) is 3.19. The summed E-state index contributed by atoms with van der Waals surface area (Å²) in [6.07, 6.45) is 2.15. The number of benzene rings is 1. The molecule has 4 heteroatoms. The maximum absolute atomic E-state index is 5.66. The summed E-state index contributed by atoms with van der Waals surface area (Å²) in [6.45, 7) is 6.08. The summed E-state index contributed by atoms with van der Waals surface area (Å²) in [5.74, 6) is 0.945. The van der Waals surface area contributed by atoms with Crippen molar-refractivity contribution in [2.75, 3.05) is 13.2 Å². The van der Waals surface area contributed by atoms with Crippen LogP contribution in [0, 0.1) is 0 Å². The van der Waals surface area contributed by atoms with Crippen LogP contribution in [0.15, 0.2) is 40.2 Å². The quantitative estimate of drug-likeness (QED) is 0.675. The van der Waals surface area contributed by atoms with Crippen LogP contribution < -0.4 is 10.1 Å². The van der Waals surface area contributed by atoms with E-state index in [1.807, 2.05) is 0 Å². The molecular weight excluding hydrogens is 346 g/mol. The zero-order valence-electron chi connectivity index (χ0n) is 12.6. The Labute approximate surface area is 139 Å². The van der Waals surface area contributed by atoms with Crippen LogP contribution in [-0.2, 0) is 0 Å². The standard InChI is InChI=1S/C17H22BrNOS/c1-3-10-19-16(17-15(18)9-12-21-17)13-5-7-14(8-6-13)20-11-4-2/h5-9,12,16,19H,3-4,10-11H2,1-2H3. The van der Waals surface area contributed by atoms with Crippen molar-refractivity contribution in [1.82, 2.24) is 5.32 Å². The van der Waals surface area contributed by atoms with Crippen molar-refractivity contribution in [2.45, 2.75) is 32.7 Å². The molecule has 1 aromatic heterocycles. The molecule has 0 aliphatic carbocycles. The van der Waals surface area contributed by atoms with Crippen molar-refractivity contribution in [3.8, 4) is 5.75 Å². The van der Waals surface area contributed by atoms with Crippen LogP contribution in [0.25, 0.3) is 0 Å². The average molecular weight is 368 g/mol. The summed E-state index contributed by atoms with van der Waals surface area (Å²) in [7, 11) is 0. The molecule has 0 aliphatic rings. The van der Waals surface area contributed by atoms with Crippen LogP contribution >= 0.6 is 27.3 Å². The summed E-state index contributed by atoms with van der Waals surface area (Å²) in [5, 5.41) is 5.75. The van der Waals surface area contributed by atoms with Gasteiger partial charge >= 0.3 is 0 Å². The number of hydrogen-bond acceptors (Lipinski definition) is 3. The fourth-order valence-electron chi connectivity index (χ4n) is 2.14. The molecule has 1 atom stereocenters. The number of halogens is 1. The molecule has 0 saturated heterocycles. The Hall–Kier alpha value is -0.840. The molecule has 0 saturated carbocycles. The highest BCUT2D eigenvalue weighted by atomic mass is 79.9. The summed E-state index contributed by atoms with van der Waals surface area (Å²) >= 11 is 5.43. The van der Waals surface area contributed by atoms with Crippen LogP contribution in [0.2, 0.25) is 0 Å². The van der Waals surface area contributed by atoms with E-state index in [9.17, 15) is 0 Å². The second kappa shape index (κ2) is 8.57. The zero-order chi connectivity index (χ0) is 15.1. The van der Waals surface area contributed by atoms with Crippen molar-refractivity contribution >= 4 is 27.3 Å². The van der Waals surface area contributed by atoms with Crippen LogP contribution in [0.3, 0.4) is 0 Å². The molecule has 1 heterocycles. The van der Waals surface area contributed by atoms with E-state index in [4.69, 9.17) is 4.74 Å². The summed E-state index contributed by atoms with van der Waals surface area (Å²) in [4.78, 5) is 1.32. The van der Waals surface area contributed by atoms with Gasteiger partial charge in [0.2, 0.25) is 0 Å². The monoisotopic (exact) mass is 367 g/mol. The molecule has 114 valence electrons. The van der Waals surface area contributed by atoms with Gasteiger partial charge in [-0.05, 0) is 64.5 Å². The molecule has 1 unspecified atom stereocenters. The van der Waals surface area contributed by atoms with Gasteiger partial charge in [-0.15, -0.1) is 11.3 Å². The lowest BCUT2D eigenvalue weighted by molar-refractivity contribution is 0.317. The molecule has 2 nitrogen and oxygen atoms in total. The number of nitrogens with one attached hydrogen (secondary N) is 1. The molecule has 0 fully saturated rings. The van der Waals surface area contributed by atoms with E-state index in [0.717, 1.165) is 31.7 Å². The van der Waals surface area contributed by atoms with Gasteiger partial charge in [-0.1, -0.05) is 26.0 Å². The lowest BCUT2D eigenvalue weighted by Gasteiger charge is -2.19. The van der Waals surface area contributed by atoms with E-state index >= 15 is 0 Å². The summed E-state index contributed by atoms with van der Waals surface area (Å²) < 4.78 is 6.83. The van der Waals surface area contributed by atoms with Gasteiger partial charge in [-0.3, -0.25) is 0 Å². The Balaban J connectivity index is 2.18. The van der Waals surface area contributed by atoms with Gasteiger partial charge in [0.05, 0.1) is 12.6 Å². The molecule has 0 radical (unpaired) electrons. The first-order valence-electron chi connectivity index (χ1n) is 7.45. The number of ether oxygens (including phenoxy) is 1. The average Bonchev–Trinajstić information content (AvgIpc) is 2.93. The molecule has 0 spiro atoms. The molecule has 2 aromatic rings. The van der Waals surface area contributed by atoms with Crippen molar-refractivity contribution in [3.05, 3.63) is 50.6 Å². The van der Waals surface area contributed by atoms with Crippen LogP contribution in [0.1, 0.15) is 43.2 Å². The molecule has 1 aromatic carbocycles. The number of rotatable bonds is 8. The van der Waals surface area contributed by atoms with Crippen molar-refractivity contribution < 1.29 is 4.74 Å². The fraction of sp³-hybridized carbons (Fsp3) is 0.412. The van der Waals surface area contributed by atoms with Crippen molar-refractivity contribution in [2.24, 2.45) is 0 Å². The molecule has 0 aliphatic heterocycles. The van der Waals surface area contributed by atoms with E-state index in [-0.39, 0.29) is 6.04 Å². The van der Waals surface area contributed by atoms with Gasteiger partial charge in [0.15, 0.2) is 0 Å². The Morgan fingerprint density at radius 2 is 1.90 bits per heavy atom. The second-order valence-electron chi connectivity index (χ2n) is 4.94. The predicted octanol–water partition coefficient (Wildman–Crippen LogP) is 5.39. The molecule has 21 heavy (non-hydrogen) atoms. The van der Waals surface area contributed by atoms with Gasteiger partial charge in [0.1, 0.15) is 5.75 Å². The first-order chi connectivity index (χ1) is 10.3. The van der Waals surface area contributed by atoms with E-state index in [0.29, 0.717) is 0 Å². The minimum absolute atomic E-state index is 0.236. The lowest BCUT2D eigenvalue weighted by atomic mass is 10.0. The van der Waals surface area contributed by atoms with Gasteiger partial charge in [-0.25, -0.2) is 0 Å². The highest BCUT2D eigenvalue weighted by molar-refractivity contribution is 9.10. The topological polar surface area (TPSA) is 21.3 Å². The Kier molecular flexibility index (Phi) is 6.74. The molecule has 0 bridgehead atoms. The van der Waals surface area contributed by atoms with Gasteiger partial charge in [0, 0.05) is 9.35 Å². The lowest BCUT2D eigenvalue weighted by Crippen LogP contribution is -2.22.